The van der Waals surface area contributed by atoms with Crippen LogP contribution in [0, 0.1) is 12.7 Å². The van der Waals surface area contributed by atoms with Crippen molar-refractivity contribution < 1.29 is 9.18 Å². The number of Topliss-reactive ketones (excluding diaryl/α,β-unsaturated/α-hetero) is 1. The molecule has 0 N–H and O–H groups in total. The first-order valence-electron chi connectivity index (χ1n) is 5.35. The molecule has 0 aliphatic carbocycles. The van der Waals surface area contributed by atoms with Crippen molar-refractivity contribution in [2.24, 2.45) is 0 Å². The van der Waals surface area contributed by atoms with Crippen molar-refractivity contribution in [1.82, 2.24) is 4.98 Å². The summed E-state index contributed by atoms with van der Waals surface area (Å²) in [5.41, 5.74) is 2.33. The predicted molar refractivity (Wildman–Crippen MR) is 63.4 cm³/mol. The maximum atomic E-state index is 12.9. The molecule has 0 atom stereocenters. The van der Waals surface area contributed by atoms with E-state index in [1.54, 1.807) is 0 Å². The molecular weight excluding hydrogens is 217 g/mol. The van der Waals surface area contributed by atoms with Crippen molar-refractivity contribution in [3.05, 3.63) is 65.2 Å². The number of rotatable bonds is 3. The summed E-state index contributed by atoms with van der Waals surface area (Å²) in [6, 6.07) is 8.88. The molecule has 0 aliphatic heterocycles. The zero-order chi connectivity index (χ0) is 12.3. The lowest BCUT2D eigenvalue weighted by Crippen LogP contribution is -2.05. The minimum atomic E-state index is -0.486. The van der Waals surface area contributed by atoms with Crippen LogP contribution < -0.4 is 0 Å². The molecule has 2 nitrogen and oxygen atoms in total. The van der Waals surface area contributed by atoms with Crippen molar-refractivity contribution in [3.8, 4) is 0 Å². The molecule has 0 unspecified atom stereocenters. The summed E-state index contributed by atoms with van der Waals surface area (Å²) in [4.78, 5) is 15.6. The molecule has 2 aromatic rings. The zero-order valence-electron chi connectivity index (χ0n) is 9.48. The van der Waals surface area contributed by atoms with E-state index >= 15 is 0 Å². The van der Waals surface area contributed by atoms with Crippen LogP contribution in [0.1, 0.15) is 21.5 Å². The van der Waals surface area contributed by atoms with E-state index in [1.165, 1.54) is 12.3 Å². The normalized spacial score (nSPS) is 10.2. The molecule has 86 valence electrons. The van der Waals surface area contributed by atoms with Gasteiger partial charge < -0.3 is 0 Å². The Hall–Kier alpha value is -2.03. The molecule has 0 amide bonds. The fourth-order valence-corrected chi connectivity index (χ4v) is 1.65. The van der Waals surface area contributed by atoms with Crippen molar-refractivity contribution >= 4 is 5.78 Å². The first kappa shape index (κ1) is 11.5. The lowest BCUT2D eigenvalue weighted by Gasteiger charge is -2.04. The highest BCUT2D eigenvalue weighted by Gasteiger charge is 2.09. The molecule has 0 fully saturated rings. The Morgan fingerprint density at radius 3 is 2.76 bits per heavy atom. The Morgan fingerprint density at radius 2 is 2.06 bits per heavy atom. The molecule has 0 spiro atoms. The Morgan fingerprint density at radius 1 is 1.29 bits per heavy atom. The largest absolute Gasteiger partial charge is 0.294 e. The third-order valence-corrected chi connectivity index (χ3v) is 2.64. The summed E-state index contributed by atoms with van der Waals surface area (Å²) < 4.78 is 12.9. The van der Waals surface area contributed by atoms with Gasteiger partial charge in [0.25, 0.3) is 0 Å². The topological polar surface area (TPSA) is 30.0 Å². The lowest BCUT2D eigenvalue weighted by molar-refractivity contribution is 0.0992. The highest BCUT2D eigenvalue weighted by atomic mass is 19.1. The van der Waals surface area contributed by atoms with E-state index < -0.39 is 5.82 Å². The van der Waals surface area contributed by atoms with Crippen LogP contribution in [-0.2, 0) is 6.42 Å². The van der Waals surface area contributed by atoms with E-state index in [1.807, 2.05) is 31.2 Å². The van der Waals surface area contributed by atoms with E-state index in [0.29, 0.717) is 5.56 Å². The first-order valence-corrected chi connectivity index (χ1v) is 5.35. The lowest BCUT2D eigenvalue weighted by atomic mass is 10.0. The second kappa shape index (κ2) is 4.87. The maximum Gasteiger partial charge on any atom is 0.168 e. The molecule has 1 heterocycles. The second-order valence-corrected chi connectivity index (χ2v) is 3.92. The summed E-state index contributed by atoms with van der Waals surface area (Å²) in [6.45, 7) is 1.95. The van der Waals surface area contributed by atoms with E-state index in [2.05, 4.69) is 4.98 Å². The monoisotopic (exact) mass is 229 g/mol. The first-order chi connectivity index (χ1) is 8.16. The maximum absolute atomic E-state index is 12.9. The molecule has 0 radical (unpaired) electrons. The van der Waals surface area contributed by atoms with Gasteiger partial charge in [-0.25, -0.2) is 4.39 Å². The number of pyridine rings is 1. The SMILES string of the molecule is Cc1ccccc1CC(=O)c1cncc(F)c1. The van der Waals surface area contributed by atoms with Crippen molar-refractivity contribution in [3.63, 3.8) is 0 Å². The summed E-state index contributed by atoms with van der Waals surface area (Å²) in [5.74, 6) is -0.605. The molecule has 0 saturated carbocycles. The van der Waals surface area contributed by atoms with Crippen LogP contribution in [0.5, 0.6) is 0 Å². The molecule has 17 heavy (non-hydrogen) atoms. The Labute approximate surface area is 99.1 Å². The smallest absolute Gasteiger partial charge is 0.168 e. The van der Waals surface area contributed by atoms with E-state index in [4.69, 9.17) is 0 Å². The predicted octanol–water partition coefficient (Wildman–Crippen LogP) is 2.95. The fourth-order valence-electron chi connectivity index (χ4n) is 1.65. The van der Waals surface area contributed by atoms with Crippen LogP contribution in [-0.4, -0.2) is 10.8 Å². The van der Waals surface area contributed by atoms with E-state index in [0.717, 1.165) is 17.3 Å². The Bertz CT molecular complexity index is 551. The molecule has 0 aliphatic rings. The number of carbonyl (C=O) groups is 1. The molecule has 1 aromatic carbocycles. The van der Waals surface area contributed by atoms with Crippen LogP contribution in [0.25, 0.3) is 0 Å². The average molecular weight is 229 g/mol. The van der Waals surface area contributed by atoms with Crippen molar-refractivity contribution in [1.29, 1.82) is 0 Å². The third-order valence-electron chi connectivity index (χ3n) is 2.64. The number of benzene rings is 1. The highest BCUT2D eigenvalue weighted by Crippen LogP contribution is 2.11. The van der Waals surface area contributed by atoms with Gasteiger partial charge in [-0.2, -0.15) is 0 Å². The van der Waals surface area contributed by atoms with Crippen molar-refractivity contribution in [2.45, 2.75) is 13.3 Å². The Balaban J connectivity index is 2.20. The highest BCUT2D eigenvalue weighted by molar-refractivity contribution is 5.97. The molecule has 0 saturated heterocycles. The summed E-state index contributed by atoms with van der Waals surface area (Å²) >= 11 is 0. The van der Waals surface area contributed by atoms with Gasteiger partial charge in [-0.05, 0) is 24.1 Å². The second-order valence-electron chi connectivity index (χ2n) is 3.92. The summed E-state index contributed by atoms with van der Waals surface area (Å²) in [7, 11) is 0. The third kappa shape index (κ3) is 2.75. The number of aryl methyl sites for hydroxylation is 1. The van der Waals surface area contributed by atoms with E-state index in [9.17, 15) is 9.18 Å². The zero-order valence-corrected chi connectivity index (χ0v) is 9.48. The minimum Gasteiger partial charge on any atom is -0.294 e. The Kier molecular flexibility index (Phi) is 3.28. The number of hydrogen-bond donors (Lipinski definition) is 0. The van der Waals surface area contributed by atoms with Gasteiger partial charge in [-0.15, -0.1) is 0 Å². The van der Waals surface area contributed by atoms with Gasteiger partial charge in [0.15, 0.2) is 5.78 Å². The number of nitrogens with zero attached hydrogens (tertiary/aromatic N) is 1. The van der Waals surface area contributed by atoms with Crippen LogP contribution in [0.15, 0.2) is 42.7 Å². The van der Waals surface area contributed by atoms with Crippen LogP contribution in [0.3, 0.4) is 0 Å². The van der Waals surface area contributed by atoms with Crippen LogP contribution >= 0.6 is 0 Å². The molecule has 1 aromatic heterocycles. The van der Waals surface area contributed by atoms with Gasteiger partial charge >= 0.3 is 0 Å². The quantitative estimate of drug-likeness (QED) is 0.757. The van der Waals surface area contributed by atoms with Crippen LogP contribution in [0.2, 0.25) is 0 Å². The van der Waals surface area contributed by atoms with Gasteiger partial charge in [-0.3, -0.25) is 9.78 Å². The molecule has 2 rings (SSSR count). The van der Waals surface area contributed by atoms with E-state index in [-0.39, 0.29) is 12.2 Å². The molecule has 0 bridgehead atoms. The van der Waals surface area contributed by atoms with Gasteiger partial charge in [0, 0.05) is 18.2 Å². The molecule has 3 heteroatoms. The number of aromatic nitrogens is 1. The summed E-state index contributed by atoms with van der Waals surface area (Å²) in [5, 5.41) is 0. The summed E-state index contributed by atoms with van der Waals surface area (Å²) in [6.07, 6.45) is 2.76. The fraction of sp³-hybridized carbons (Fsp3) is 0.143. The van der Waals surface area contributed by atoms with Gasteiger partial charge in [-0.1, -0.05) is 24.3 Å². The number of hydrogen-bond acceptors (Lipinski definition) is 2. The standard InChI is InChI=1S/C14H12FNO/c1-10-4-2-3-5-11(10)7-14(17)12-6-13(15)9-16-8-12/h2-6,8-9H,7H2,1H3. The van der Waals surface area contributed by atoms with Crippen LogP contribution in [0.4, 0.5) is 4.39 Å². The number of ketones is 1. The molecular formula is C14H12FNO. The van der Waals surface area contributed by atoms with Gasteiger partial charge in [0.05, 0.1) is 6.20 Å². The number of carbonyl (C=O) groups excluding carboxylic acids is 1. The minimum absolute atomic E-state index is 0.119. The average Bonchev–Trinajstić information content (AvgIpc) is 2.32. The number of halogens is 1. The van der Waals surface area contributed by atoms with Crippen molar-refractivity contribution in [2.75, 3.05) is 0 Å². The van der Waals surface area contributed by atoms with Gasteiger partial charge in [0.2, 0.25) is 0 Å². The van der Waals surface area contributed by atoms with Gasteiger partial charge in [0.1, 0.15) is 5.82 Å².